The summed E-state index contributed by atoms with van der Waals surface area (Å²) in [6.07, 6.45) is -1.45. The minimum atomic E-state index is -1.45. The zero-order chi connectivity index (χ0) is 13.5. The molecule has 2 unspecified atom stereocenters. The molecule has 0 radical (unpaired) electrons. The van der Waals surface area contributed by atoms with Gasteiger partial charge in [0.2, 0.25) is 0 Å². The van der Waals surface area contributed by atoms with Gasteiger partial charge >= 0.3 is 11.9 Å². The van der Waals surface area contributed by atoms with Crippen molar-refractivity contribution < 1.29 is 29.0 Å². The number of benzene rings is 1. The van der Waals surface area contributed by atoms with E-state index in [-0.39, 0.29) is 12.0 Å². The number of carboxylic acid groups (broad SMARTS) is 1. The van der Waals surface area contributed by atoms with Gasteiger partial charge < -0.3 is 14.6 Å². The fourth-order valence-corrected chi connectivity index (χ4v) is 1.17. The van der Waals surface area contributed by atoms with E-state index in [0.717, 1.165) is 0 Å². The Labute approximate surface area is 103 Å². The van der Waals surface area contributed by atoms with Crippen molar-refractivity contribution in [1.29, 1.82) is 0 Å². The molecule has 0 heterocycles. The van der Waals surface area contributed by atoms with E-state index in [0.29, 0.717) is 0 Å². The predicted octanol–water partition coefficient (Wildman–Crippen LogP) is 1.06. The molecule has 6 nitrogen and oxygen atoms in total. The second-order valence-electron chi connectivity index (χ2n) is 3.50. The van der Waals surface area contributed by atoms with Gasteiger partial charge in [0.1, 0.15) is 5.92 Å². The smallest absolute Gasteiger partial charge is 0.341 e. The number of rotatable bonds is 6. The van der Waals surface area contributed by atoms with Crippen LogP contribution in [0.4, 0.5) is 0 Å². The van der Waals surface area contributed by atoms with Crippen molar-refractivity contribution >= 4 is 18.4 Å². The van der Waals surface area contributed by atoms with Crippen LogP contribution >= 0.6 is 0 Å². The second-order valence-corrected chi connectivity index (χ2v) is 3.50. The molecule has 1 N–H and O–H groups in total. The molecule has 0 aliphatic carbocycles. The Morgan fingerprint density at radius 1 is 1.28 bits per heavy atom. The average Bonchev–Trinajstić information content (AvgIpc) is 2.38. The highest BCUT2D eigenvalue weighted by Crippen LogP contribution is 2.12. The lowest BCUT2D eigenvalue weighted by Gasteiger charge is -2.19. The van der Waals surface area contributed by atoms with Crippen molar-refractivity contribution in [2.45, 2.75) is 13.2 Å². The highest BCUT2D eigenvalue weighted by Gasteiger charge is 2.29. The zero-order valence-corrected chi connectivity index (χ0v) is 9.61. The van der Waals surface area contributed by atoms with E-state index in [2.05, 4.69) is 4.74 Å². The maximum atomic E-state index is 11.6. The molecule has 0 aliphatic rings. The van der Waals surface area contributed by atoms with Crippen molar-refractivity contribution in [2.75, 3.05) is 0 Å². The summed E-state index contributed by atoms with van der Waals surface area (Å²) in [6.45, 7) is 1.32. The highest BCUT2D eigenvalue weighted by molar-refractivity contribution is 5.89. The maximum Gasteiger partial charge on any atom is 0.341 e. The molecule has 0 amide bonds. The minimum Gasteiger partial charge on any atom is -0.481 e. The number of carbonyl (C=O) groups excluding carboxylic acids is 2. The Morgan fingerprint density at radius 2 is 1.89 bits per heavy atom. The largest absolute Gasteiger partial charge is 0.481 e. The number of ether oxygens (including phenoxy) is 2. The Balaban J connectivity index is 2.75. The number of carbonyl (C=O) groups is 3. The lowest BCUT2D eigenvalue weighted by molar-refractivity contribution is -0.172. The van der Waals surface area contributed by atoms with Gasteiger partial charge in [-0.05, 0) is 19.1 Å². The molecule has 1 aromatic carbocycles. The van der Waals surface area contributed by atoms with Crippen LogP contribution in [0.2, 0.25) is 0 Å². The third kappa shape index (κ3) is 3.58. The van der Waals surface area contributed by atoms with Crippen LogP contribution in [0.1, 0.15) is 17.3 Å². The predicted molar refractivity (Wildman–Crippen MR) is 59.6 cm³/mol. The molecule has 1 rings (SSSR count). The molecule has 0 fully saturated rings. The molecule has 0 saturated heterocycles. The third-order valence-electron chi connectivity index (χ3n) is 2.22. The zero-order valence-electron chi connectivity index (χ0n) is 9.61. The summed E-state index contributed by atoms with van der Waals surface area (Å²) in [5.74, 6) is -3.14. The lowest BCUT2D eigenvalue weighted by atomic mass is 10.2. The molecule has 0 spiro atoms. The molecule has 2 atom stereocenters. The number of carboxylic acids is 1. The second kappa shape index (κ2) is 6.39. The van der Waals surface area contributed by atoms with Crippen molar-refractivity contribution in [3.05, 3.63) is 35.9 Å². The molecular weight excluding hydrogens is 240 g/mol. The van der Waals surface area contributed by atoms with E-state index >= 15 is 0 Å². The Morgan fingerprint density at radius 3 is 2.39 bits per heavy atom. The molecule has 0 bridgehead atoms. The number of aliphatic carboxylic acids is 1. The van der Waals surface area contributed by atoms with Gasteiger partial charge in [0.15, 0.2) is 0 Å². The van der Waals surface area contributed by atoms with E-state index in [1.165, 1.54) is 19.1 Å². The summed E-state index contributed by atoms with van der Waals surface area (Å²) in [7, 11) is 0. The molecule has 0 aliphatic heterocycles. The molecule has 18 heavy (non-hydrogen) atoms. The van der Waals surface area contributed by atoms with Gasteiger partial charge in [0.05, 0.1) is 5.56 Å². The van der Waals surface area contributed by atoms with Crippen LogP contribution in [-0.2, 0) is 19.1 Å². The Hall–Kier alpha value is -2.37. The normalized spacial score (nSPS) is 13.2. The first kappa shape index (κ1) is 13.7. The van der Waals surface area contributed by atoms with Gasteiger partial charge in [-0.1, -0.05) is 18.2 Å². The fraction of sp³-hybridized carbons (Fsp3) is 0.250. The maximum absolute atomic E-state index is 11.6. The van der Waals surface area contributed by atoms with Gasteiger partial charge in [-0.25, -0.2) is 4.79 Å². The van der Waals surface area contributed by atoms with E-state index < -0.39 is 24.1 Å². The first-order valence-corrected chi connectivity index (χ1v) is 5.14. The lowest BCUT2D eigenvalue weighted by Crippen LogP contribution is -2.32. The summed E-state index contributed by atoms with van der Waals surface area (Å²) in [5, 5.41) is 8.78. The van der Waals surface area contributed by atoms with Gasteiger partial charge in [-0.2, -0.15) is 0 Å². The van der Waals surface area contributed by atoms with Crippen LogP contribution < -0.4 is 0 Å². The monoisotopic (exact) mass is 252 g/mol. The van der Waals surface area contributed by atoms with Crippen LogP contribution in [0, 0.1) is 5.92 Å². The summed E-state index contributed by atoms with van der Waals surface area (Å²) in [5.41, 5.74) is 0.245. The quantitative estimate of drug-likeness (QED) is 0.462. The SMILES string of the molecule is CC(C(=O)O)C(OC=O)OC(=O)c1ccccc1. The number of hydrogen-bond acceptors (Lipinski definition) is 5. The van der Waals surface area contributed by atoms with E-state index in [1.54, 1.807) is 18.2 Å². The summed E-state index contributed by atoms with van der Waals surface area (Å²) in [4.78, 5) is 32.6. The van der Waals surface area contributed by atoms with E-state index in [4.69, 9.17) is 9.84 Å². The topological polar surface area (TPSA) is 89.9 Å². The minimum absolute atomic E-state index is 0.0440. The van der Waals surface area contributed by atoms with Crippen LogP contribution in [0.5, 0.6) is 0 Å². The molecular formula is C12H12O6. The van der Waals surface area contributed by atoms with Crippen LogP contribution in [0.15, 0.2) is 30.3 Å². The summed E-state index contributed by atoms with van der Waals surface area (Å²) in [6, 6.07) is 7.99. The van der Waals surface area contributed by atoms with Gasteiger partial charge in [-0.3, -0.25) is 9.59 Å². The molecule has 0 aromatic heterocycles. The summed E-state index contributed by atoms with van der Waals surface area (Å²) >= 11 is 0. The van der Waals surface area contributed by atoms with Crippen LogP contribution in [0.25, 0.3) is 0 Å². The first-order chi connectivity index (χ1) is 8.56. The van der Waals surface area contributed by atoms with Crippen LogP contribution in [-0.4, -0.2) is 29.8 Å². The average molecular weight is 252 g/mol. The van der Waals surface area contributed by atoms with Gasteiger partial charge in [-0.15, -0.1) is 0 Å². The first-order valence-electron chi connectivity index (χ1n) is 5.14. The summed E-state index contributed by atoms with van der Waals surface area (Å²) < 4.78 is 9.28. The number of hydrogen-bond donors (Lipinski definition) is 1. The van der Waals surface area contributed by atoms with Crippen molar-refractivity contribution in [3.8, 4) is 0 Å². The number of esters is 1. The van der Waals surface area contributed by atoms with Gasteiger partial charge in [0, 0.05) is 0 Å². The molecule has 6 heteroatoms. The Bertz CT molecular complexity index is 427. The Kier molecular flexibility index (Phi) is 4.86. The van der Waals surface area contributed by atoms with Crippen molar-refractivity contribution in [2.24, 2.45) is 5.92 Å². The fourth-order valence-electron chi connectivity index (χ4n) is 1.17. The highest BCUT2D eigenvalue weighted by atomic mass is 16.7. The van der Waals surface area contributed by atoms with E-state index in [1.807, 2.05) is 0 Å². The van der Waals surface area contributed by atoms with E-state index in [9.17, 15) is 14.4 Å². The standard InChI is InChI=1S/C12H12O6/c1-8(10(14)15)12(17-7-13)18-11(16)9-5-3-2-4-6-9/h2-8,12H,1H3,(H,14,15). The van der Waals surface area contributed by atoms with Crippen LogP contribution in [0.3, 0.4) is 0 Å². The molecule has 96 valence electrons. The molecule has 1 aromatic rings. The van der Waals surface area contributed by atoms with Gasteiger partial charge in [0.25, 0.3) is 12.8 Å². The molecule has 0 saturated carbocycles. The third-order valence-corrected chi connectivity index (χ3v) is 2.22. The van der Waals surface area contributed by atoms with Crippen molar-refractivity contribution in [1.82, 2.24) is 0 Å². The van der Waals surface area contributed by atoms with Crippen molar-refractivity contribution in [3.63, 3.8) is 0 Å².